The van der Waals surface area contributed by atoms with E-state index in [1.807, 2.05) is 6.92 Å². The Bertz CT molecular complexity index is 381. The Hall–Kier alpha value is -1.07. The van der Waals surface area contributed by atoms with E-state index in [0.717, 1.165) is 6.42 Å². The standard InChI is InChI=1S/C11H18ClN3O2/c1-3-5-13-11(2,10(16)17)4-6-15-8-9(12)7-14-15/h7-8,13H,3-6H2,1-2H3,(H,16,17). The molecular weight excluding hydrogens is 242 g/mol. The van der Waals surface area contributed by atoms with Gasteiger partial charge in [-0.2, -0.15) is 5.10 Å². The van der Waals surface area contributed by atoms with Crippen LogP contribution < -0.4 is 5.32 Å². The third-order valence-corrected chi connectivity index (χ3v) is 2.88. The fraction of sp³-hybridized carbons (Fsp3) is 0.636. The first-order valence-corrected chi connectivity index (χ1v) is 6.02. The summed E-state index contributed by atoms with van der Waals surface area (Å²) in [5.41, 5.74) is -0.922. The maximum Gasteiger partial charge on any atom is 0.323 e. The van der Waals surface area contributed by atoms with Crippen molar-refractivity contribution in [1.82, 2.24) is 15.1 Å². The van der Waals surface area contributed by atoms with Crippen molar-refractivity contribution in [3.63, 3.8) is 0 Å². The summed E-state index contributed by atoms with van der Waals surface area (Å²) < 4.78 is 1.65. The number of halogens is 1. The molecular formula is C11H18ClN3O2. The number of aliphatic carboxylic acids is 1. The van der Waals surface area contributed by atoms with Crippen LogP contribution in [0.15, 0.2) is 12.4 Å². The van der Waals surface area contributed by atoms with Crippen LogP contribution in [0.4, 0.5) is 0 Å². The van der Waals surface area contributed by atoms with Crippen molar-refractivity contribution >= 4 is 17.6 Å². The number of carboxylic acids is 1. The van der Waals surface area contributed by atoms with Crippen LogP contribution in [0.1, 0.15) is 26.7 Å². The molecule has 1 aromatic rings. The molecule has 0 aliphatic carbocycles. The van der Waals surface area contributed by atoms with Crippen LogP contribution >= 0.6 is 11.6 Å². The van der Waals surface area contributed by atoms with Crippen molar-refractivity contribution in [2.24, 2.45) is 0 Å². The topological polar surface area (TPSA) is 67.2 Å². The molecule has 96 valence electrons. The number of aromatic nitrogens is 2. The normalized spacial score (nSPS) is 14.5. The SMILES string of the molecule is CCCNC(C)(CCn1cc(Cl)cn1)C(=O)O. The van der Waals surface area contributed by atoms with Crippen LogP contribution in [0.3, 0.4) is 0 Å². The van der Waals surface area contributed by atoms with Crippen molar-refractivity contribution in [3.8, 4) is 0 Å². The summed E-state index contributed by atoms with van der Waals surface area (Å²) in [6.07, 6.45) is 4.58. The number of rotatable bonds is 7. The summed E-state index contributed by atoms with van der Waals surface area (Å²) in [7, 11) is 0. The first kappa shape index (κ1) is 14.0. The molecule has 0 aromatic carbocycles. The van der Waals surface area contributed by atoms with E-state index >= 15 is 0 Å². The van der Waals surface area contributed by atoms with Crippen molar-refractivity contribution < 1.29 is 9.90 Å². The number of carbonyl (C=O) groups is 1. The van der Waals surface area contributed by atoms with Gasteiger partial charge in [-0.3, -0.25) is 9.48 Å². The first-order valence-electron chi connectivity index (χ1n) is 5.64. The lowest BCUT2D eigenvalue weighted by Crippen LogP contribution is -2.50. The Morgan fingerprint density at radius 3 is 2.88 bits per heavy atom. The van der Waals surface area contributed by atoms with Gasteiger partial charge in [-0.15, -0.1) is 0 Å². The molecule has 1 aromatic heterocycles. The number of nitrogens with one attached hydrogen (secondary N) is 1. The van der Waals surface area contributed by atoms with Crippen LogP contribution in [-0.4, -0.2) is 32.9 Å². The van der Waals surface area contributed by atoms with Crippen molar-refractivity contribution in [1.29, 1.82) is 0 Å². The van der Waals surface area contributed by atoms with Gasteiger partial charge in [-0.25, -0.2) is 0 Å². The molecule has 2 N–H and O–H groups in total. The number of carboxylic acid groups (broad SMARTS) is 1. The fourth-order valence-electron chi connectivity index (χ4n) is 1.47. The molecule has 0 fully saturated rings. The van der Waals surface area contributed by atoms with Gasteiger partial charge in [-0.1, -0.05) is 18.5 Å². The molecule has 0 amide bonds. The molecule has 0 spiro atoms. The van der Waals surface area contributed by atoms with E-state index in [1.54, 1.807) is 24.0 Å². The highest BCUT2D eigenvalue weighted by Crippen LogP contribution is 2.13. The number of nitrogens with zero attached hydrogens (tertiary/aromatic N) is 2. The molecule has 0 aliphatic rings. The molecule has 0 bridgehead atoms. The lowest BCUT2D eigenvalue weighted by atomic mass is 9.98. The summed E-state index contributed by atoms with van der Waals surface area (Å²) in [4.78, 5) is 11.2. The van der Waals surface area contributed by atoms with Crippen molar-refractivity contribution in [2.45, 2.75) is 38.8 Å². The Morgan fingerprint density at radius 2 is 2.41 bits per heavy atom. The molecule has 0 radical (unpaired) electrons. The molecule has 5 nitrogen and oxygen atoms in total. The fourth-order valence-corrected chi connectivity index (χ4v) is 1.63. The quantitative estimate of drug-likeness (QED) is 0.783. The zero-order valence-electron chi connectivity index (χ0n) is 10.1. The van der Waals surface area contributed by atoms with Gasteiger partial charge in [0.05, 0.1) is 11.2 Å². The van der Waals surface area contributed by atoms with Crippen molar-refractivity contribution in [2.75, 3.05) is 6.54 Å². The average molecular weight is 260 g/mol. The predicted octanol–water partition coefficient (Wildman–Crippen LogP) is 1.77. The number of hydrogen-bond donors (Lipinski definition) is 2. The van der Waals surface area contributed by atoms with Gasteiger partial charge < -0.3 is 10.4 Å². The Morgan fingerprint density at radius 1 is 1.71 bits per heavy atom. The lowest BCUT2D eigenvalue weighted by molar-refractivity contribution is -0.144. The predicted molar refractivity (Wildman–Crippen MR) is 66.2 cm³/mol. The molecule has 0 aliphatic heterocycles. The number of aryl methyl sites for hydroxylation is 1. The van der Waals surface area contributed by atoms with Crippen LogP contribution in [0.25, 0.3) is 0 Å². The maximum absolute atomic E-state index is 11.2. The zero-order valence-corrected chi connectivity index (χ0v) is 10.9. The van der Waals surface area contributed by atoms with Crippen LogP contribution in [-0.2, 0) is 11.3 Å². The molecule has 6 heteroatoms. The van der Waals surface area contributed by atoms with E-state index in [4.69, 9.17) is 11.6 Å². The largest absolute Gasteiger partial charge is 0.480 e. The minimum Gasteiger partial charge on any atom is -0.480 e. The molecule has 1 atom stereocenters. The average Bonchev–Trinajstić information content (AvgIpc) is 2.69. The second kappa shape index (κ2) is 6.02. The Labute approximate surface area is 106 Å². The summed E-state index contributed by atoms with van der Waals surface area (Å²) >= 11 is 5.74. The Kier molecular flexibility index (Phi) is 4.96. The van der Waals surface area contributed by atoms with E-state index in [2.05, 4.69) is 10.4 Å². The summed E-state index contributed by atoms with van der Waals surface area (Å²) in [6, 6.07) is 0. The second-order valence-electron chi connectivity index (χ2n) is 4.24. The third-order valence-electron chi connectivity index (χ3n) is 2.68. The van der Waals surface area contributed by atoms with Gasteiger partial charge in [0, 0.05) is 12.7 Å². The molecule has 1 unspecified atom stereocenters. The van der Waals surface area contributed by atoms with Gasteiger partial charge >= 0.3 is 5.97 Å². The second-order valence-corrected chi connectivity index (χ2v) is 4.67. The highest BCUT2D eigenvalue weighted by molar-refractivity contribution is 6.30. The lowest BCUT2D eigenvalue weighted by Gasteiger charge is -2.26. The van der Waals surface area contributed by atoms with Crippen LogP contribution in [0.2, 0.25) is 5.02 Å². The van der Waals surface area contributed by atoms with Crippen LogP contribution in [0, 0.1) is 0 Å². The smallest absolute Gasteiger partial charge is 0.323 e. The summed E-state index contributed by atoms with van der Waals surface area (Å²) in [6.45, 7) is 4.90. The van der Waals surface area contributed by atoms with Gasteiger partial charge in [0.1, 0.15) is 5.54 Å². The zero-order chi connectivity index (χ0) is 12.9. The third kappa shape index (κ3) is 4.02. The van der Waals surface area contributed by atoms with E-state index in [-0.39, 0.29) is 0 Å². The molecule has 0 saturated heterocycles. The highest BCUT2D eigenvalue weighted by Gasteiger charge is 2.31. The molecule has 0 saturated carbocycles. The van der Waals surface area contributed by atoms with E-state index in [1.165, 1.54) is 0 Å². The summed E-state index contributed by atoms with van der Waals surface area (Å²) in [5.74, 6) is -0.843. The molecule has 1 rings (SSSR count). The monoisotopic (exact) mass is 259 g/mol. The Balaban J connectivity index is 2.58. The number of hydrogen-bond acceptors (Lipinski definition) is 3. The van der Waals surface area contributed by atoms with E-state index < -0.39 is 11.5 Å². The van der Waals surface area contributed by atoms with Gasteiger partial charge in [0.15, 0.2) is 0 Å². The highest BCUT2D eigenvalue weighted by atomic mass is 35.5. The maximum atomic E-state index is 11.2. The summed E-state index contributed by atoms with van der Waals surface area (Å²) in [5, 5.41) is 16.9. The van der Waals surface area contributed by atoms with Gasteiger partial charge in [0.25, 0.3) is 0 Å². The minimum absolute atomic E-state index is 0.459. The molecule has 1 heterocycles. The van der Waals surface area contributed by atoms with E-state index in [9.17, 15) is 9.90 Å². The molecule has 17 heavy (non-hydrogen) atoms. The van der Waals surface area contributed by atoms with E-state index in [0.29, 0.717) is 24.5 Å². The van der Waals surface area contributed by atoms with Crippen LogP contribution in [0.5, 0.6) is 0 Å². The van der Waals surface area contributed by atoms with Gasteiger partial charge in [-0.05, 0) is 26.3 Å². The van der Waals surface area contributed by atoms with Gasteiger partial charge in [0.2, 0.25) is 0 Å². The minimum atomic E-state index is -0.922. The first-order chi connectivity index (χ1) is 7.98. The van der Waals surface area contributed by atoms with Crippen molar-refractivity contribution in [3.05, 3.63) is 17.4 Å².